The van der Waals surface area contributed by atoms with E-state index in [-0.39, 0.29) is 0 Å². The lowest BCUT2D eigenvalue weighted by molar-refractivity contribution is -0.0463. The second-order valence-electron chi connectivity index (χ2n) is 3.95. The Balaban J connectivity index is 3.18. The summed E-state index contributed by atoms with van der Waals surface area (Å²) < 4.78 is 10.6. The minimum atomic E-state index is -0.740. The Morgan fingerprint density at radius 2 is 1.92 bits per heavy atom. The van der Waals surface area contributed by atoms with Crippen molar-refractivity contribution in [2.24, 2.45) is 0 Å². The van der Waals surface area contributed by atoms with Crippen LogP contribution in [0.3, 0.4) is 0 Å². The predicted molar refractivity (Wildman–Crippen MR) is 52.8 cm³/mol. The highest BCUT2D eigenvalue weighted by molar-refractivity contribution is 4.62. The van der Waals surface area contributed by atoms with Crippen LogP contribution in [-0.4, -0.2) is 36.6 Å². The van der Waals surface area contributed by atoms with E-state index in [4.69, 9.17) is 9.47 Å². The summed E-state index contributed by atoms with van der Waals surface area (Å²) in [5, 5.41) is 9.31. The van der Waals surface area contributed by atoms with Crippen molar-refractivity contribution in [1.29, 1.82) is 0 Å². The van der Waals surface area contributed by atoms with Gasteiger partial charge in [0.2, 0.25) is 0 Å². The molecule has 1 atom stereocenters. The summed E-state index contributed by atoms with van der Waals surface area (Å²) >= 11 is 0. The fourth-order valence-electron chi connectivity index (χ4n) is 0.748. The van der Waals surface area contributed by atoms with Crippen LogP contribution >= 0.6 is 0 Å². The van der Waals surface area contributed by atoms with Crippen LogP contribution in [0.5, 0.6) is 0 Å². The molecule has 3 heteroatoms. The van der Waals surface area contributed by atoms with Gasteiger partial charge in [0.15, 0.2) is 0 Å². The Morgan fingerprint density at radius 1 is 1.31 bits per heavy atom. The van der Waals surface area contributed by atoms with Gasteiger partial charge in [-0.1, -0.05) is 6.92 Å². The van der Waals surface area contributed by atoms with Crippen LogP contribution in [0, 0.1) is 0 Å². The standard InChI is InChI=1S/C10H22O3/c1-5-9(2)13-7-6-12-8-10(3,4)11/h9,11H,5-8H2,1-4H3. The maximum absolute atomic E-state index is 9.31. The molecule has 0 spiro atoms. The molecule has 0 radical (unpaired) electrons. The third-order valence-corrected chi connectivity index (χ3v) is 1.66. The smallest absolute Gasteiger partial charge is 0.0824 e. The first kappa shape index (κ1) is 12.9. The fraction of sp³-hybridized carbons (Fsp3) is 1.00. The van der Waals surface area contributed by atoms with E-state index in [1.54, 1.807) is 13.8 Å². The number of ether oxygens (including phenoxy) is 2. The number of hydrogen-bond donors (Lipinski definition) is 1. The molecule has 0 heterocycles. The van der Waals surface area contributed by atoms with E-state index >= 15 is 0 Å². The van der Waals surface area contributed by atoms with Crippen LogP contribution in [0.25, 0.3) is 0 Å². The molecule has 0 fully saturated rings. The molecule has 0 aromatic heterocycles. The van der Waals surface area contributed by atoms with Crippen molar-refractivity contribution >= 4 is 0 Å². The second kappa shape index (κ2) is 6.35. The SMILES string of the molecule is CCC(C)OCCOCC(C)(C)O. The summed E-state index contributed by atoms with van der Waals surface area (Å²) in [4.78, 5) is 0. The summed E-state index contributed by atoms with van der Waals surface area (Å²) in [6, 6.07) is 0. The lowest BCUT2D eigenvalue weighted by Gasteiger charge is -2.17. The Bertz CT molecular complexity index is 118. The highest BCUT2D eigenvalue weighted by Crippen LogP contribution is 2.01. The van der Waals surface area contributed by atoms with Gasteiger partial charge in [-0.05, 0) is 27.2 Å². The first-order chi connectivity index (χ1) is 5.95. The van der Waals surface area contributed by atoms with E-state index in [0.717, 1.165) is 6.42 Å². The van der Waals surface area contributed by atoms with Crippen molar-refractivity contribution in [3.63, 3.8) is 0 Å². The van der Waals surface area contributed by atoms with Gasteiger partial charge in [-0.25, -0.2) is 0 Å². The van der Waals surface area contributed by atoms with Crippen molar-refractivity contribution in [2.75, 3.05) is 19.8 Å². The van der Waals surface area contributed by atoms with E-state index < -0.39 is 5.60 Å². The van der Waals surface area contributed by atoms with Gasteiger partial charge in [-0.3, -0.25) is 0 Å². The van der Waals surface area contributed by atoms with Gasteiger partial charge in [0.05, 0.1) is 31.5 Å². The zero-order valence-corrected chi connectivity index (χ0v) is 9.17. The minimum absolute atomic E-state index is 0.297. The van der Waals surface area contributed by atoms with Crippen molar-refractivity contribution in [2.45, 2.75) is 45.8 Å². The molecule has 3 nitrogen and oxygen atoms in total. The Hall–Kier alpha value is -0.120. The predicted octanol–water partition coefficient (Wildman–Crippen LogP) is 1.59. The lowest BCUT2D eigenvalue weighted by atomic mass is 10.2. The van der Waals surface area contributed by atoms with E-state index in [9.17, 15) is 5.11 Å². The molecule has 0 aliphatic heterocycles. The second-order valence-corrected chi connectivity index (χ2v) is 3.95. The summed E-state index contributed by atoms with van der Waals surface area (Å²) in [5.74, 6) is 0. The first-order valence-corrected chi connectivity index (χ1v) is 4.87. The molecule has 0 aromatic rings. The summed E-state index contributed by atoms with van der Waals surface area (Å²) in [7, 11) is 0. The number of aliphatic hydroxyl groups is 1. The highest BCUT2D eigenvalue weighted by atomic mass is 16.5. The number of hydrogen-bond acceptors (Lipinski definition) is 3. The average Bonchev–Trinajstić information content (AvgIpc) is 2.01. The molecule has 80 valence electrons. The van der Waals surface area contributed by atoms with Crippen LogP contribution in [0.15, 0.2) is 0 Å². The topological polar surface area (TPSA) is 38.7 Å². The van der Waals surface area contributed by atoms with Gasteiger partial charge in [0.1, 0.15) is 0 Å². The third-order valence-electron chi connectivity index (χ3n) is 1.66. The van der Waals surface area contributed by atoms with Crippen LogP contribution in [0.4, 0.5) is 0 Å². The largest absolute Gasteiger partial charge is 0.388 e. The van der Waals surface area contributed by atoms with E-state index in [0.29, 0.717) is 25.9 Å². The molecule has 0 amide bonds. The Labute approximate surface area is 81.0 Å². The molecule has 0 aromatic carbocycles. The van der Waals surface area contributed by atoms with Gasteiger partial charge in [-0.15, -0.1) is 0 Å². The molecule has 0 saturated heterocycles. The van der Waals surface area contributed by atoms with Crippen molar-refractivity contribution in [3.8, 4) is 0 Å². The average molecular weight is 190 g/mol. The van der Waals surface area contributed by atoms with Crippen molar-refractivity contribution < 1.29 is 14.6 Å². The van der Waals surface area contributed by atoms with Crippen LogP contribution in [-0.2, 0) is 9.47 Å². The molecule has 13 heavy (non-hydrogen) atoms. The number of rotatable bonds is 7. The summed E-state index contributed by atoms with van der Waals surface area (Å²) in [5.41, 5.74) is -0.740. The molecule has 0 aliphatic carbocycles. The van der Waals surface area contributed by atoms with Gasteiger partial charge in [0, 0.05) is 0 Å². The minimum Gasteiger partial charge on any atom is -0.388 e. The molecule has 0 saturated carbocycles. The normalized spacial score (nSPS) is 14.5. The quantitative estimate of drug-likeness (QED) is 0.620. The van der Waals surface area contributed by atoms with Crippen LogP contribution in [0.2, 0.25) is 0 Å². The van der Waals surface area contributed by atoms with Crippen LogP contribution in [0.1, 0.15) is 34.1 Å². The van der Waals surface area contributed by atoms with Crippen molar-refractivity contribution in [3.05, 3.63) is 0 Å². The fourth-order valence-corrected chi connectivity index (χ4v) is 0.748. The summed E-state index contributed by atoms with van der Waals surface area (Å²) in [6.07, 6.45) is 1.32. The van der Waals surface area contributed by atoms with Gasteiger partial charge < -0.3 is 14.6 Å². The monoisotopic (exact) mass is 190 g/mol. The molecular formula is C10H22O3. The molecule has 1 N–H and O–H groups in total. The van der Waals surface area contributed by atoms with Crippen LogP contribution < -0.4 is 0 Å². The third kappa shape index (κ3) is 9.80. The van der Waals surface area contributed by atoms with Gasteiger partial charge in [-0.2, -0.15) is 0 Å². The van der Waals surface area contributed by atoms with E-state index in [1.165, 1.54) is 0 Å². The lowest BCUT2D eigenvalue weighted by Crippen LogP contribution is -2.27. The van der Waals surface area contributed by atoms with E-state index in [1.807, 2.05) is 6.92 Å². The van der Waals surface area contributed by atoms with E-state index in [2.05, 4.69) is 6.92 Å². The molecule has 0 rings (SSSR count). The zero-order valence-electron chi connectivity index (χ0n) is 9.17. The Kier molecular flexibility index (Phi) is 6.29. The first-order valence-electron chi connectivity index (χ1n) is 4.87. The summed E-state index contributed by atoms with van der Waals surface area (Å²) in [6.45, 7) is 9.08. The molecule has 1 unspecified atom stereocenters. The molecule has 0 bridgehead atoms. The van der Waals surface area contributed by atoms with Gasteiger partial charge >= 0.3 is 0 Å². The maximum Gasteiger partial charge on any atom is 0.0824 e. The highest BCUT2D eigenvalue weighted by Gasteiger charge is 2.11. The van der Waals surface area contributed by atoms with Gasteiger partial charge in [0.25, 0.3) is 0 Å². The zero-order chi connectivity index (χ0) is 10.3. The maximum atomic E-state index is 9.31. The Morgan fingerprint density at radius 3 is 2.38 bits per heavy atom. The molecular weight excluding hydrogens is 168 g/mol. The van der Waals surface area contributed by atoms with Crippen molar-refractivity contribution in [1.82, 2.24) is 0 Å². The molecule has 0 aliphatic rings.